The number of ether oxygens (including phenoxy) is 1. The van der Waals surface area contributed by atoms with Gasteiger partial charge in [0.2, 0.25) is 11.8 Å². The zero-order valence-electron chi connectivity index (χ0n) is 18.1. The van der Waals surface area contributed by atoms with Crippen LogP contribution in [-0.2, 0) is 22.4 Å². The van der Waals surface area contributed by atoms with Crippen LogP contribution in [0.15, 0.2) is 60.0 Å². The van der Waals surface area contributed by atoms with E-state index in [1.54, 1.807) is 23.3 Å². The van der Waals surface area contributed by atoms with Crippen LogP contribution >= 0.6 is 11.3 Å². The van der Waals surface area contributed by atoms with E-state index in [2.05, 4.69) is 10.3 Å². The first kappa shape index (κ1) is 22.0. The maximum Gasteiger partial charge on any atom is 0.242 e. The highest BCUT2D eigenvalue weighted by atomic mass is 32.1. The molecule has 2 heterocycles. The Balaban J connectivity index is 1.29. The fourth-order valence-corrected chi connectivity index (χ4v) is 4.82. The molecule has 7 heteroatoms. The third-order valence-electron chi connectivity index (χ3n) is 5.62. The fourth-order valence-electron chi connectivity index (χ4n) is 3.96. The Labute approximate surface area is 192 Å². The first-order valence-corrected chi connectivity index (χ1v) is 11.7. The molecule has 166 valence electrons. The number of carbonyl (C=O) groups excluding carboxylic acids is 2. The van der Waals surface area contributed by atoms with Gasteiger partial charge in [-0.15, -0.1) is 11.3 Å². The summed E-state index contributed by atoms with van der Waals surface area (Å²) in [6, 6.07) is 17.2. The Bertz CT molecular complexity index is 1070. The van der Waals surface area contributed by atoms with E-state index in [1.165, 1.54) is 0 Å². The van der Waals surface area contributed by atoms with Gasteiger partial charge in [-0.3, -0.25) is 9.59 Å². The molecule has 1 atom stereocenters. The predicted octanol–water partition coefficient (Wildman–Crippen LogP) is 3.71. The van der Waals surface area contributed by atoms with Crippen molar-refractivity contribution in [3.8, 4) is 16.3 Å². The molecule has 1 aliphatic rings. The number of thiazole rings is 1. The molecule has 2 amide bonds. The second kappa shape index (κ2) is 10.4. The van der Waals surface area contributed by atoms with Crippen molar-refractivity contribution in [3.63, 3.8) is 0 Å². The van der Waals surface area contributed by atoms with E-state index in [0.29, 0.717) is 25.9 Å². The summed E-state index contributed by atoms with van der Waals surface area (Å²) in [5, 5.41) is 6.02. The van der Waals surface area contributed by atoms with Gasteiger partial charge in [0.1, 0.15) is 16.8 Å². The number of hydrogen-bond donors (Lipinski definition) is 1. The van der Waals surface area contributed by atoms with Crippen LogP contribution in [0.4, 0.5) is 0 Å². The molecule has 1 fully saturated rings. The van der Waals surface area contributed by atoms with Crippen molar-refractivity contribution in [2.75, 3.05) is 20.2 Å². The highest BCUT2D eigenvalue weighted by Gasteiger charge is 2.33. The van der Waals surface area contributed by atoms with Crippen LogP contribution < -0.4 is 10.1 Å². The van der Waals surface area contributed by atoms with Crippen molar-refractivity contribution >= 4 is 23.2 Å². The third-order valence-corrected chi connectivity index (χ3v) is 6.56. The van der Waals surface area contributed by atoms with Gasteiger partial charge in [0.15, 0.2) is 0 Å². The largest absolute Gasteiger partial charge is 0.497 e. The first-order valence-electron chi connectivity index (χ1n) is 10.8. The molecule has 1 aromatic heterocycles. The molecule has 0 saturated carbocycles. The lowest BCUT2D eigenvalue weighted by Gasteiger charge is -2.24. The van der Waals surface area contributed by atoms with Gasteiger partial charge >= 0.3 is 0 Å². The molecule has 2 aromatic carbocycles. The number of aromatic nitrogens is 1. The average molecular weight is 450 g/mol. The molecule has 3 aromatic rings. The van der Waals surface area contributed by atoms with Gasteiger partial charge in [0.05, 0.1) is 19.2 Å². The molecule has 0 spiro atoms. The zero-order chi connectivity index (χ0) is 22.3. The molecule has 0 aliphatic carbocycles. The number of amides is 2. The van der Waals surface area contributed by atoms with E-state index >= 15 is 0 Å². The Hall–Kier alpha value is -3.19. The molecule has 1 N–H and O–H groups in total. The maximum absolute atomic E-state index is 12.9. The number of nitrogens with one attached hydrogen (secondary N) is 1. The van der Waals surface area contributed by atoms with Crippen molar-refractivity contribution in [1.29, 1.82) is 0 Å². The number of hydrogen-bond acceptors (Lipinski definition) is 5. The standard InChI is InChI=1S/C25H27N3O3S/c1-31-21-10-5-7-18(15-21)16-23(29)28-14-6-11-22(28)24(30)26-13-12-20-17-32-25(27-20)19-8-3-2-4-9-19/h2-5,7-10,15,17,22H,6,11-14,16H2,1H3,(H,26,30). The second-order valence-corrected chi connectivity index (χ2v) is 8.68. The van der Waals surface area contributed by atoms with Crippen LogP contribution in [0.2, 0.25) is 0 Å². The monoisotopic (exact) mass is 449 g/mol. The molecule has 4 rings (SSSR count). The van der Waals surface area contributed by atoms with Gasteiger partial charge < -0.3 is 15.0 Å². The molecular weight excluding hydrogens is 422 g/mol. The number of methoxy groups -OCH3 is 1. The van der Waals surface area contributed by atoms with Crippen LogP contribution in [0.3, 0.4) is 0 Å². The third kappa shape index (κ3) is 5.34. The van der Waals surface area contributed by atoms with Gasteiger partial charge in [0, 0.05) is 30.5 Å². The zero-order valence-corrected chi connectivity index (χ0v) is 18.9. The summed E-state index contributed by atoms with van der Waals surface area (Å²) in [7, 11) is 1.61. The lowest BCUT2D eigenvalue weighted by Crippen LogP contribution is -2.46. The van der Waals surface area contributed by atoms with Gasteiger partial charge in [0.25, 0.3) is 0 Å². The summed E-state index contributed by atoms with van der Waals surface area (Å²) < 4.78 is 5.24. The summed E-state index contributed by atoms with van der Waals surface area (Å²) in [6.07, 6.45) is 2.47. The van der Waals surface area contributed by atoms with Crippen LogP contribution in [0.25, 0.3) is 10.6 Å². The Kier molecular flexibility index (Phi) is 7.17. The normalized spacial score (nSPS) is 15.5. The minimum Gasteiger partial charge on any atom is -0.497 e. The Morgan fingerprint density at radius 1 is 1.19 bits per heavy atom. The van der Waals surface area contributed by atoms with Gasteiger partial charge in [-0.05, 0) is 30.5 Å². The van der Waals surface area contributed by atoms with Crippen LogP contribution in [0.5, 0.6) is 5.75 Å². The van der Waals surface area contributed by atoms with Crippen molar-refractivity contribution in [3.05, 3.63) is 71.2 Å². The molecule has 1 unspecified atom stereocenters. The molecule has 1 aliphatic heterocycles. The lowest BCUT2D eigenvalue weighted by molar-refractivity contribution is -0.137. The summed E-state index contributed by atoms with van der Waals surface area (Å²) in [6.45, 7) is 1.12. The molecule has 32 heavy (non-hydrogen) atoms. The second-order valence-electron chi connectivity index (χ2n) is 7.82. The van der Waals surface area contributed by atoms with Crippen molar-refractivity contribution < 1.29 is 14.3 Å². The minimum atomic E-state index is -0.400. The number of nitrogens with zero attached hydrogens (tertiary/aromatic N) is 2. The fraction of sp³-hybridized carbons (Fsp3) is 0.320. The van der Waals surface area contributed by atoms with Crippen LogP contribution in [0, 0.1) is 0 Å². The van der Waals surface area contributed by atoms with E-state index < -0.39 is 6.04 Å². The summed E-state index contributed by atoms with van der Waals surface area (Å²) >= 11 is 1.61. The number of benzene rings is 2. The lowest BCUT2D eigenvalue weighted by atomic mass is 10.1. The van der Waals surface area contributed by atoms with Crippen LogP contribution in [-0.4, -0.2) is 47.9 Å². The summed E-state index contributed by atoms with van der Waals surface area (Å²) in [5.74, 6) is 0.617. The highest BCUT2D eigenvalue weighted by molar-refractivity contribution is 7.13. The topological polar surface area (TPSA) is 71.5 Å². The number of carbonyl (C=O) groups is 2. The highest BCUT2D eigenvalue weighted by Crippen LogP contribution is 2.24. The number of likely N-dealkylation sites (tertiary alicyclic amines) is 1. The van der Waals surface area contributed by atoms with E-state index in [1.807, 2.05) is 60.0 Å². The van der Waals surface area contributed by atoms with E-state index in [-0.39, 0.29) is 18.2 Å². The molecule has 0 radical (unpaired) electrons. The van der Waals surface area contributed by atoms with E-state index in [9.17, 15) is 9.59 Å². The van der Waals surface area contributed by atoms with Crippen LogP contribution in [0.1, 0.15) is 24.1 Å². The molecule has 0 bridgehead atoms. The first-order chi connectivity index (χ1) is 15.6. The van der Waals surface area contributed by atoms with Crippen molar-refractivity contribution in [1.82, 2.24) is 15.2 Å². The number of rotatable bonds is 8. The summed E-state index contributed by atoms with van der Waals surface area (Å²) in [4.78, 5) is 32.0. The predicted molar refractivity (Wildman–Crippen MR) is 126 cm³/mol. The summed E-state index contributed by atoms with van der Waals surface area (Å²) in [5.41, 5.74) is 2.95. The van der Waals surface area contributed by atoms with E-state index in [0.717, 1.165) is 34.0 Å². The Morgan fingerprint density at radius 2 is 2.03 bits per heavy atom. The van der Waals surface area contributed by atoms with Crippen molar-refractivity contribution in [2.24, 2.45) is 0 Å². The van der Waals surface area contributed by atoms with E-state index in [4.69, 9.17) is 4.74 Å². The molecule has 1 saturated heterocycles. The SMILES string of the molecule is COc1cccc(CC(=O)N2CCCC2C(=O)NCCc2csc(-c3ccccc3)n2)c1. The maximum atomic E-state index is 12.9. The van der Waals surface area contributed by atoms with Crippen molar-refractivity contribution in [2.45, 2.75) is 31.7 Å². The van der Waals surface area contributed by atoms with Gasteiger partial charge in [-0.2, -0.15) is 0 Å². The quantitative estimate of drug-likeness (QED) is 0.569. The average Bonchev–Trinajstić information content (AvgIpc) is 3.50. The van der Waals surface area contributed by atoms with Gasteiger partial charge in [-0.1, -0.05) is 42.5 Å². The minimum absolute atomic E-state index is 0.0251. The van der Waals surface area contributed by atoms with Gasteiger partial charge in [-0.25, -0.2) is 4.98 Å². The smallest absolute Gasteiger partial charge is 0.242 e. The molecular formula is C25H27N3O3S. The Morgan fingerprint density at radius 3 is 2.84 bits per heavy atom. The molecule has 6 nitrogen and oxygen atoms in total.